The number of amides is 1. The molecule has 14 nitrogen and oxygen atoms in total. The van der Waals surface area contributed by atoms with Crippen molar-refractivity contribution >= 4 is 5.91 Å². The van der Waals surface area contributed by atoms with Gasteiger partial charge in [0.15, 0.2) is 12.6 Å². The van der Waals surface area contributed by atoms with Gasteiger partial charge in [0.25, 0.3) is 0 Å². The monoisotopic (exact) mass is 1120 g/mol. The lowest BCUT2D eigenvalue weighted by Gasteiger charge is -2.46. The average Bonchev–Trinajstić information content (AvgIpc) is 3.46. The van der Waals surface area contributed by atoms with Crippen molar-refractivity contribution in [2.45, 2.75) is 254 Å². The first kappa shape index (κ1) is 72.2. The molecule has 0 bridgehead atoms. The number of ether oxygens (including phenoxy) is 4. The van der Waals surface area contributed by atoms with Gasteiger partial charge in [0, 0.05) is 6.42 Å². The van der Waals surface area contributed by atoms with Gasteiger partial charge in [0.2, 0.25) is 5.91 Å². The van der Waals surface area contributed by atoms with E-state index in [1.165, 1.54) is 32.1 Å². The third kappa shape index (κ3) is 34.5. The molecule has 454 valence electrons. The first-order valence-electron chi connectivity index (χ1n) is 30.4. The predicted octanol–water partition coefficient (Wildman–Crippen LogP) is 10.8. The molecule has 0 aromatic heterocycles. The van der Waals surface area contributed by atoms with Crippen LogP contribution in [0.2, 0.25) is 0 Å². The van der Waals surface area contributed by atoms with Crippen LogP contribution >= 0.6 is 0 Å². The lowest BCUT2D eigenvalue weighted by Crippen LogP contribution is -2.65. The molecule has 0 saturated carbocycles. The summed E-state index contributed by atoms with van der Waals surface area (Å²) in [5.74, 6) is -0.276. The Balaban J connectivity index is 1.75. The normalized spacial score (nSPS) is 25.2. The van der Waals surface area contributed by atoms with Crippen molar-refractivity contribution in [1.82, 2.24) is 5.32 Å². The predicted molar refractivity (Wildman–Crippen MR) is 322 cm³/mol. The molecule has 0 spiro atoms. The fourth-order valence-electron chi connectivity index (χ4n) is 8.92. The van der Waals surface area contributed by atoms with Crippen molar-refractivity contribution < 1.29 is 64.6 Å². The Bertz CT molecular complexity index is 1850. The van der Waals surface area contributed by atoms with E-state index < -0.39 is 86.8 Å². The van der Waals surface area contributed by atoms with Gasteiger partial charge in [-0.05, 0) is 109 Å². The molecule has 2 saturated heterocycles. The van der Waals surface area contributed by atoms with Crippen molar-refractivity contribution in [2.75, 3.05) is 19.8 Å². The zero-order chi connectivity index (χ0) is 58.1. The van der Waals surface area contributed by atoms with Crippen molar-refractivity contribution in [2.24, 2.45) is 0 Å². The Morgan fingerprint density at radius 1 is 0.463 bits per heavy atom. The van der Waals surface area contributed by atoms with E-state index in [1.807, 2.05) is 6.08 Å². The van der Waals surface area contributed by atoms with E-state index in [1.54, 1.807) is 6.08 Å². The van der Waals surface area contributed by atoms with Crippen LogP contribution in [0.25, 0.3) is 0 Å². The standard InChI is InChI=1S/C66H107NO13/c1-3-5-7-9-11-13-15-17-19-20-21-22-23-24-25-26-27-28-29-30-31-32-33-34-36-38-40-42-44-46-48-50-58(71)67-54(55(70)49-47-45-43-41-39-37-35-18-16-14-12-10-8-6-4-2)53-77-65-63(76)61(74)64(57(52-69)79-65)80-66-62(75)60(73)59(72)56(51-68)78-66/h5,7,11,13,16-19,21-22,24-25,27-28,30-31,33-34,39,41,47,49,54-57,59-66,68-70,72-76H,3-4,6,8-10,12,14-15,20,23,26,29,32,35-38,40,42-46,48,50-53H2,1-2H3,(H,67,71)/b7-5-,13-11-,18-16+,19-17-,22-21-,25-24-,28-27-,31-30-,34-33-,41-39+,49-47+. The largest absolute Gasteiger partial charge is 0.394 e. The third-order valence-corrected chi connectivity index (χ3v) is 13.8. The van der Waals surface area contributed by atoms with Crippen molar-refractivity contribution in [1.29, 1.82) is 0 Å². The highest BCUT2D eigenvalue weighted by molar-refractivity contribution is 5.76. The van der Waals surface area contributed by atoms with Gasteiger partial charge in [-0.15, -0.1) is 0 Å². The highest BCUT2D eigenvalue weighted by atomic mass is 16.7. The van der Waals surface area contributed by atoms with Crippen LogP contribution in [0.4, 0.5) is 0 Å². The Hall–Kier alpha value is -3.87. The number of rotatable bonds is 46. The van der Waals surface area contributed by atoms with E-state index in [0.29, 0.717) is 12.8 Å². The Kier molecular flexibility index (Phi) is 44.9. The zero-order valence-corrected chi connectivity index (χ0v) is 48.8. The summed E-state index contributed by atoms with van der Waals surface area (Å²) in [5, 5.41) is 87.0. The number of aliphatic hydroxyl groups excluding tert-OH is 8. The molecular weight excluding hydrogens is 1010 g/mol. The number of hydrogen-bond acceptors (Lipinski definition) is 13. The quantitative estimate of drug-likeness (QED) is 0.0204. The van der Waals surface area contributed by atoms with Gasteiger partial charge in [-0.1, -0.05) is 199 Å². The van der Waals surface area contributed by atoms with E-state index in [-0.39, 0.29) is 18.9 Å². The van der Waals surface area contributed by atoms with Gasteiger partial charge in [-0.25, -0.2) is 0 Å². The SMILES string of the molecule is CC/C=C\C/C=C\C/C=C\C/C=C\C/C=C\C/C=C\C/C=C\C/C=C\CCCCCCCCC(=O)NC(COC1OC(CO)C(OC2OC(CO)C(O)C(O)C2O)C(O)C1O)C(O)/C=C/CC/C=C/CC/C=C/CCCCCCC. The Labute approximate surface area is 481 Å². The molecule has 12 unspecified atom stereocenters. The molecule has 9 N–H and O–H groups in total. The number of aliphatic hydroxyl groups is 8. The summed E-state index contributed by atoms with van der Waals surface area (Å²) in [6, 6.07) is -0.956. The van der Waals surface area contributed by atoms with Gasteiger partial charge < -0.3 is 65.1 Å². The van der Waals surface area contributed by atoms with E-state index in [4.69, 9.17) is 18.9 Å². The molecular formula is C66H107NO13. The molecule has 2 aliphatic heterocycles. The van der Waals surface area contributed by atoms with Gasteiger partial charge >= 0.3 is 0 Å². The second-order valence-corrected chi connectivity index (χ2v) is 20.7. The summed E-state index contributed by atoms with van der Waals surface area (Å²) >= 11 is 0. The van der Waals surface area contributed by atoms with Crippen molar-refractivity contribution in [3.63, 3.8) is 0 Å². The van der Waals surface area contributed by atoms with Crippen LogP contribution in [0.3, 0.4) is 0 Å². The van der Waals surface area contributed by atoms with Crippen LogP contribution in [-0.4, -0.2) is 140 Å². The molecule has 0 aromatic carbocycles. The maximum atomic E-state index is 13.3. The summed E-state index contributed by atoms with van der Waals surface area (Å²) in [7, 11) is 0. The summed E-state index contributed by atoms with van der Waals surface area (Å²) in [5.41, 5.74) is 0. The smallest absolute Gasteiger partial charge is 0.220 e. The number of allylic oxidation sites excluding steroid dienone is 21. The molecule has 2 heterocycles. The average molecular weight is 1120 g/mol. The van der Waals surface area contributed by atoms with E-state index in [0.717, 1.165) is 116 Å². The molecule has 0 aromatic rings. The van der Waals surface area contributed by atoms with Gasteiger partial charge in [-0.3, -0.25) is 4.79 Å². The second kappa shape index (κ2) is 49.7. The summed E-state index contributed by atoms with van der Waals surface area (Å²) < 4.78 is 22.7. The first-order valence-corrected chi connectivity index (χ1v) is 30.4. The van der Waals surface area contributed by atoms with Crippen LogP contribution in [0, 0.1) is 0 Å². The molecule has 14 heteroatoms. The Morgan fingerprint density at radius 3 is 1.38 bits per heavy atom. The minimum atomic E-state index is -1.80. The molecule has 0 aliphatic carbocycles. The first-order chi connectivity index (χ1) is 39.1. The van der Waals surface area contributed by atoms with Crippen LogP contribution in [0.5, 0.6) is 0 Å². The maximum absolute atomic E-state index is 13.3. The minimum absolute atomic E-state index is 0.243. The lowest BCUT2D eigenvalue weighted by atomic mass is 9.97. The highest BCUT2D eigenvalue weighted by Gasteiger charge is 2.51. The number of hydrogen-bond donors (Lipinski definition) is 9. The molecule has 80 heavy (non-hydrogen) atoms. The maximum Gasteiger partial charge on any atom is 0.220 e. The summed E-state index contributed by atoms with van der Waals surface area (Å²) in [6.07, 6.45) is 56.3. The lowest BCUT2D eigenvalue weighted by molar-refractivity contribution is -0.359. The topological polar surface area (TPSA) is 228 Å². The molecule has 2 fully saturated rings. The number of unbranched alkanes of at least 4 members (excludes halogenated alkanes) is 13. The van der Waals surface area contributed by atoms with Gasteiger partial charge in [0.05, 0.1) is 32.0 Å². The number of nitrogens with one attached hydrogen (secondary N) is 1. The zero-order valence-electron chi connectivity index (χ0n) is 48.8. The van der Waals surface area contributed by atoms with Crippen LogP contribution in [-0.2, 0) is 23.7 Å². The number of carbonyl (C=O) groups is 1. The van der Waals surface area contributed by atoms with E-state index >= 15 is 0 Å². The fourth-order valence-corrected chi connectivity index (χ4v) is 8.92. The number of carbonyl (C=O) groups excluding carboxylic acids is 1. The highest BCUT2D eigenvalue weighted by Crippen LogP contribution is 2.30. The molecule has 12 atom stereocenters. The molecule has 1 amide bonds. The van der Waals surface area contributed by atoms with Crippen molar-refractivity contribution in [3.05, 3.63) is 134 Å². The molecule has 2 rings (SSSR count). The van der Waals surface area contributed by atoms with E-state index in [9.17, 15) is 45.6 Å². The Morgan fingerprint density at radius 2 is 0.875 bits per heavy atom. The van der Waals surface area contributed by atoms with Crippen molar-refractivity contribution in [3.8, 4) is 0 Å². The minimum Gasteiger partial charge on any atom is -0.394 e. The summed E-state index contributed by atoms with van der Waals surface area (Å²) in [4.78, 5) is 13.3. The van der Waals surface area contributed by atoms with E-state index in [2.05, 4.69) is 141 Å². The summed E-state index contributed by atoms with van der Waals surface area (Å²) in [6.45, 7) is 2.60. The third-order valence-electron chi connectivity index (χ3n) is 13.8. The van der Waals surface area contributed by atoms with Gasteiger partial charge in [0.1, 0.15) is 48.8 Å². The fraction of sp³-hybridized carbons (Fsp3) is 0.652. The molecule has 2 aliphatic rings. The van der Waals surface area contributed by atoms with Crippen LogP contribution in [0.1, 0.15) is 181 Å². The van der Waals surface area contributed by atoms with Crippen LogP contribution < -0.4 is 5.32 Å². The van der Waals surface area contributed by atoms with Crippen LogP contribution in [0.15, 0.2) is 134 Å². The second-order valence-electron chi connectivity index (χ2n) is 20.7. The molecule has 0 radical (unpaired) electrons. The van der Waals surface area contributed by atoms with Gasteiger partial charge in [-0.2, -0.15) is 0 Å².